The molecule has 22 heavy (non-hydrogen) atoms. The predicted octanol–water partition coefficient (Wildman–Crippen LogP) is 4.56. The lowest BCUT2D eigenvalue weighted by molar-refractivity contribution is 0.223. The summed E-state index contributed by atoms with van der Waals surface area (Å²) < 4.78 is 5.83. The normalized spacial score (nSPS) is 10.4. The number of hydroxylamine groups is 1. The van der Waals surface area contributed by atoms with Crippen molar-refractivity contribution >= 4 is 22.7 Å². The van der Waals surface area contributed by atoms with Gasteiger partial charge in [0.15, 0.2) is 0 Å². The predicted molar refractivity (Wildman–Crippen MR) is 89.9 cm³/mol. The Morgan fingerprint density at radius 3 is 2.64 bits per heavy atom. The van der Waals surface area contributed by atoms with Crippen LogP contribution in [0.15, 0.2) is 42.5 Å². The topological polar surface area (TPSA) is 49.8 Å². The molecular weight excluding hydrogens is 298 g/mol. The monoisotopic (exact) mass is 317 g/mol. The minimum atomic E-state index is -0.432. The van der Waals surface area contributed by atoms with Gasteiger partial charge in [-0.3, -0.25) is 10.0 Å². The number of nitrogens with zero attached hydrogens (tertiary/aromatic N) is 1. The zero-order chi connectivity index (χ0) is 16.1. The molecule has 5 heteroatoms. The van der Waals surface area contributed by atoms with Gasteiger partial charge in [0.05, 0.1) is 5.69 Å². The Morgan fingerprint density at radius 2 is 1.95 bits per heavy atom. The van der Waals surface area contributed by atoms with Crippen LogP contribution in [0.2, 0.25) is 0 Å². The minimum absolute atomic E-state index is 0.277. The number of hydrogen-bond acceptors (Lipinski definition) is 4. The Hall–Kier alpha value is -1.98. The standard InChI is InChI=1S/C17H19NO3S/c1-12-8-9-16(13(2)10-12)21-11-14-6-4-5-7-15(14)18(20)17(19)22-3/h4-10,20H,11H2,1-3H3. The van der Waals surface area contributed by atoms with E-state index in [2.05, 4.69) is 6.07 Å². The third-order valence-corrected chi connectivity index (χ3v) is 3.80. The van der Waals surface area contributed by atoms with E-state index in [-0.39, 0.29) is 6.61 Å². The molecule has 2 aromatic rings. The number of thioether (sulfide) groups is 1. The fourth-order valence-electron chi connectivity index (χ4n) is 2.14. The van der Waals surface area contributed by atoms with Gasteiger partial charge in [-0.25, -0.2) is 0 Å². The fraction of sp³-hybridized carbons (Fsp3) is 0.235. The molecule has 0 heterocycles. The first-order valence-corrected chi connectivity index (χ1v) is 8.10. The highest BCUT2D eigenvalue weighted by atomic mass is 32.2. The Bertz CT molecular complexity index is 673. The summed E-state index contributed by atoms with van der Waals surface area (Å²) in [6, 6.07) is 13.1. The molecule has 0 radical (unpaired) electrons. The van der Waals surface area contributed by atoms with Crippen molar-refractivity contribution in [3.63, 3.8) is 0 Å². The second kappa shape index (κ2) is 7.33. The third-order valence-electron chi connectivity index (χ3n) is 3.28. The van der Waals surface area contributed by atoms with Crippen LogP contribution in [0, 0.1) is 13.8 Å². The Balaban J connectivity index is 2.18. The van der Waals surface area contributed by atoms with Gasteiger partial charge in [0.2, 0.25) is 0 Å². The highest BCUT2D eigenvalue weighted by Gasteiger charge is 2.15. The second-order valence-corrected chi connectivity index (χ2v) is 5.73. The van der Waals surface area contributed by atoms with Crippen molar-refractivity contribution in [1.82, 2.24) is 0 Å². The van der Waals surface area contributed by atoms with Crippen LogP contribution < -0.4 is 9.80 Å². The minimum Gasteiger partial charge on any atom is -0.489 e. The molecule has 0 unspecified atom stereocenters. The number of carbonyl (C=O) groups is 1. The lowest BCUT2D eigenvalue weighted by Gasteiger charge is -2.18. The summed E-state index contributed by atoms with van der Waals surface area (Å²) in [5, 5.41) is 10.2. The number of aryl methyl sites for hydroxylation is 2. The largest absolute Gasteiger partial charge is 0.489 e. The molecule has 2 aromatic carbocycles. The molecule has 0 saturated heterocycles. The molecular formula is C17H19NO3S. The molecule has 0 bridgehead atoms. The van der Waals surface area contributed by atoms with Gasteiger partial charge >= 0.3 is 5.24 Å². The highest BCUT2D eigenvalue weighted by Crippen LogP contribution is 2.25. The van der Waals surface area contributed by atoms with E-state index in [0.29, 0.717) is 10.8 Å². The van der Waals surface area contributed by atoms with E-state index in [9.17, 15) is 10.0 Å². The van der Waals surface area contributed by atoms with Crippen LogP contribution in [-0.2, 0) is 6.61 Å². The maximum atomic E-state index is 11.6. The summed E-state index contributed by atoms with van der Waals surface area (Å²) >= 11 is 0.951. The SMILES string of the molecule is CSC(=O)N(O)c1ccccc1COc1ccc(C)cc1C. The van der Waals surface area contributed by atoms with E-state index in [1.807, 2.05) is 38.1 Å². The summed E-state index contributed by atoms with van der Waals surface area (Å²) in [6.45, 7) is 4.30. The Kier molecular flexibility index (Phi) is 5.46. The quantitative estimate of drug-likeness (QED) is 0.663. The van der Waals surface area contributed by atoms with Crippen LogP contribution in [0.5, 0.6) is 5.75 Å². The van der Waals surface area contributed by atoms with Crippen molar-refractivity contribution in [2.75, 3.05) is 11.3 Å². The van der Waals surface area contributed by atoms with E-state index in [1.54, 1.807) is 18.4 Å². The van der Waals surface area contributed by atoms with Crippen molar-refractivity contribution in [1.29, 1.82) is 0 Å². The molecule has 0 atom stereocenters. The number of amides is 1. The molecule has 1 amide bonds. The molecule has 116 valence electrons. The maximum Gasteiger partial charge on any atom is 0.309 e. The smallest absolute Gasteiger partial charge is 0.309 e. The van der Waals surface area contributed by atoms with Crippen LogP contribution in [0.4, 0.5) is 10.5 Å². The zero-order valence-corrected chi connectivity index (χ0v) is 13.7. The van der Waals surface area contributed by atoms with Gasteiger partial charge in [-0.15, -0.1) is 0 Å². The number of ether oxygens (including phenoxy) is 1. The van der Waals surface area contributed by atoms with E-state index < -0.39 is 5.24 Å². The molecule has 1 N–H and O–H groups in total. The summed E-state index contributed by atoms with van der Waals surface area (Å²) in [6.07, 6.45) is 1.63. The zero-order valence-electron chi connectivity index (χ0n) is 12.9. The Labute approximate surface area is 134 Å². The highest BCUT2D eigenvalue weighted by molar-refractivity contribution is 8.13. The van der Waals surface area contributed by atoms with Crippen LogP contribution in [0.1, 0.15) is 16.7 Å². The average Bonchev–Trinajstić information content (AvgIpc) is 2.53. The molecule has 0 aliphatic carbocycles. The van der Waals surface area contributed by atoms with Gasteiger partial charge in [-0.2, -0.15) is 5.06 Å². The van der Waals surface area contributed by atoms with Crippen molar-refractivity contribution in [2.45, 2.75) is 20.5 Å². The van der Waals surface area contributed by atoms with E-state index in [4.69, 9.17) is 4.74 Å². The number of anilines is 1. The molecule has 0 aliphatic rings. The lowest BCUT2D eigenvalue weighted by atomic mass is 10.1. The number of benzene rings is 2. The van der Waals surface area contributed by atoms with Gasteiger partial charge in [-0.05, 0) is 37.8 Å². The summed E-state index contributed by atoms with van der Waals surface area (Å²) in [4.78, 5) is 11.6. The fourth-order valence-corrected chi connectivity index (χ4v) is 2.41. The Morgan fingerprint density at radius 1 is 1.23 bits per heavy atom. The molecule has 0 aliphatic heterocycles. The molecule has 2 rings (SSSR count). The van der Waals surface area contributed by atoms with Gasteiger partial charge in [0.25, 0.3) is 0 Å². The number of rotatable bonds is 4. The number of para-hydroxylation sites is 1. The summed E-state index contributed by atoms with van der Waals surface area (Å²) in [5.41, 5.74) is 3.41. The van der Waals surface area contributed by atoms with Crippen molar-refractivity contribution in [2.24, 2.45) is 0 Å². The average molecular weight is 317 g/mol. The van der Waals surface area contributed by atoms with Crippen molar-refractivity contribution in [3.05, 3.63) is 59.2 Å². The van der Waals surface area contributed by atoms with Crippen LogP contribution in [0.3, 0.4) is 0 Å². The molecule has 0 fully saturated rings. The molecule has 4 nitrogen and oxygen atoms in total. The first kappa shape index (κ1) is 16.4. The maximum absolute atomic E-state index is 11.6. The number of hydrogen-bond donors (Lipinski definition) is 1. The van der Waals surface area contributed by atoms with Crippen LogP contribution in [-0.4, -0.2) is 16.7 Å². The van der Waals surface area contributed by atoms with Crippen molar-refractivity contribution in [3.8, 4) is 5.75 Å². The van der Waals surface area contributed by atoms with E-state index in [0.717, 1.165) is 28.6 Å². The van der Waals surface area contributed by atoms with Crippen LogP contribution >= 0.6 is 11.8 Å². The van der Waals surface area contributed by atoms with Gasteiger partial charge in [-0.1, -0.05) is 47.7 Å². The van der Waals surface area contributed by atoms with Gasteiger partial charge in [0.1, 0.15) is 12.4 Å². The van der Waals surface area contributed by atoms with Crippen LogP contribution in [0.25, 0.3) is 0 Å². The van der Waals surface area contributed by atoms with Gasteiger partial charge < -0.3 is 4.74 Å². The first-order chi connectivity index (χ1) is 10.5. The first-order valence-electron chi connectivity index (χ1n) is 6.88. The third kappa shape index (κ3) is 3.81. The summed E-state index contributed by atoms with van der Waals surface area (Å²) in [7, 11) is 0. The molecule has 0 spiro atoms. The van der Waals surface area contributed by atoms with E-state index >= 15 is 0 Å². The van der Waals surface area contributed by atoms with E-state index in [1.165, 1.54) is 5.56 Å². The van der Waals surface area contributed by atoms with Crippen molar-refractivity contribution < 1.29 is 14.7 Å². The molecule has 0 aromatic heterocycles. The second-order valence-electron chi connectivity index (χ2n) is 4.97. The molecule has 0 saturated carbocycles. The number of carbonyl (C=O) groups excluding carboxylic acids is 1. The van der Waals surface area contributed by atoms with Gasteiger partial charge in [0, 0.05) is 5.56 Å². The summed E-state index contributed by atoms with van der Waals surface area (Å²) in [5.74, 6) is 0.793. The lowest BCUT2D eigenvalue weighted by Crippen LogP contribution is -2.23.